The summed E-state index contributed by atoms with van der Waals surface area (Å²) >= 11 is 1.83. The van der Waals surface area contributed by atoms with Crippen molar-refractivity contribution in [3.8, 4) is 56.4 Å². The quantitative estimate of drug-likeness (QED) is 0.193. The number of fused-ring (bicyclic) bond motifs is 5. The van der Waals surface area contributed by atoms with Crippen LogP contribution in [0.3, 0.4) is 0 Å². The Kier molecular flexibility index (Phi) is 6.65. The summed E-state index contributed by atoms with van der Waals surface area (Å²) < 4.78 is 2.53. The van der Waals surface area contributed by atoms with Gasteiger partial charge in [0.1, 0.15) is 0 Å². The van der Waals surface area contributed by atoms with Crippen molar-refractivity contribution in [3.63, 3.8) is 0 Å². The van der Waals surface area contributed by atoms with Gasteiger partial charge in [-0.25, -0.2) is 15.0 Å². The van der Waals surface area contributed by atoms with Crippen LogP contribution in [-0.2, 0) is 0 Å². The first-order chi connectivity index (χ1) is 23.3. The molecule has 0 aliphatic heterocycles. The summed E-state index contributed by atoms with van der Waals surface area (Å²) in [7, 11) is 0. The largest absolute Gasteiger partial charge is 0.208 e. The lowest BCUT2D eigenvalue weighted by atomic mass is 9.95. The van der Waals surface area contributed by atoms with Crippen LogP contribution in [0.5, 0.6) is 0 Å². The van der Waals surface area contributed by atoms with Gasteiger partial charge in [0.2, 0.25) is 0 Å². The van der Waals surface area contributed by atoms with E-state index in [4.69, 9.17) is 15.0 Å². The molecule has 0 aliphatic rings. The molecule has 2 aromatic heterocycles. The molecular formula is C43H27N3S. The maximum Gasteiger partial charge on any atom is 0.164 e. The number of nitrogens with zero attached hydrogens (tertiary/aromatic N) is 3. The molecule has 0 spiro atoms. The zero-order valence-electron chi connectivity index (χ0n) is 25.3. The maximum atomic E-state index is 5.26. The van der Waals surface area contributed by atoms with E-state index in [1.807, 2.05) is 41.7 Å². The summed E-state index contributed by atoms with van der Waals surface area (Å²) in [5.74, 6) is 1.96. The Morgan fingerprint density at radius 2 is 0.915 bits per heavy atom. The van der Waals surface area contributed by atoms with Gasteiger partial charge >= 0.3 is 0 Å². The van der Waals surface area contributed by atoms with Crippen molar-refractivity contribution in [2.45, 2.75) is 0 Å². The molecule has 0 saturated heterocycles. The number of thiophene rings is 1. The summed E-state index contributed by atoms with van der Waals surface area (Å²) in [6.45, 7) is 0. The third-order valence-electron chi connectivity index (χ3n) is 8.70. The van der Waals surface area contributed by atoms with Gasteiger partial charge in [-0.05, 0) is 51.9 Å². The number of benzene rings is 7. The van der Waals surface area contributed by atoms with E-state index in [1.165, 1.54) is 30.9 Å². The Bertz CT molecular complexity index is 2500. The second-order valence-electron chi connectivity index (χ2n) is 11.6. The van der Waals surface area contributed by atoms with Gasteiger partial charge < -0.3 is 0 Å². The standard InChI is InChI=1S/C43H27N3S/c1-4-13-28(14-5-1)32-25-33(29-15-6-2-7-16-29)27-34(26-32)42-44-41(31-17-8-3-9-18-31)45-43(46-42)37-21-12-19-30-23-24-36-35-20-10-11-22-38(35)47-40(36)39(30)37/h1-27H. The maximum absolute atomic E-state index is 5.26. The first-order valence-electron chi connectivity index (χ1n) is 15.7. The van der Waals surface area contributed by atoms with Gasteiger partial charge in [0.05, 0.1) is 0 Å². The fourth-order valence-electron chi connectivity index (χ4n) is 6.43. The van der Waals surface area contributed by atoms with Crippen LogP contribution in [0.1, 0.15) is 0 Å². The van der Waals surface area contributed by atoms with E-state index in [-0.39, 0.29) is 0 Å². The Morgan fingerprint density at radius 3 is 1.60 bits per heavy atom. The van der Waals surface area contributed by atoms with Crippen LogP contribution < -0.4 is 0 Å². The lowest BCUT2D eigenvalue weighted by Gasteiger charge is -2.13. The van der Waals surface area contributed by atoms with Crippen molar-refractivity contribution >= 4 is 42.3 Å². The number of rotatable bonds is 5. The molecule has 9 aromatic rings. The third kappa shape index (κ3) is 4.96. The van der Waals surface area contributed by atoms with Crippen LogP contribution in [0.25, 0.3) is 87.4 Å². The fourth-order valence-corrected chi connectivity index (χ4v) is 7.70. The molecule has 0 radical (unpaired) electrons. The summed E-state index contributed by atoms with van der Waals surface area (Å²) in [4.78, 5) is 15.5. The minimum absolute atomic E-state index is 0.643. The molecule has 0 unspecified atom stereocenters. The van der Waals surface area contributed by atoms with Gasteiger partial charge in [-0.2, -0.15) is 0 Å². The van der Waals surface area contributed by atoms with Gasteiger partial charge in [0.15, 0.2) is 17.5 Å². The second-order valence-corrected chi connectivity index (χ2v) is 12.7. The zero-order valence-corrected chi connectivity index (χ0v) is 26.2. The Hall–Kier alpha value is -5.97. The van der Waals surface area contributed by atoms with Crippen LogP contribution >= 0.6 is 11.3 Å². The molecule has 0 atom stereocenters. The summed E-state index contributed by atoms with van der Waals surface area (Å²) in [5, 5.41) is 4.87. The molecular weight excluding hydrogens is 591 g/mol. The first-order valence-corrected chi connectivity index (χ1v) is 16.5. The van der Waals surface area contributed by atoms with Gasteiger partial charge in [0, 0.05) is 42.2 Å². The minimum atomic E-state index is 0.643. The van der Waals surface area contributed by atoms with Gasteiger partial charge in [-0.1, -0.05) is 140 Å². The average Bonchev–Trinajstić information content (AvgIpc) is 3.54. The summed E-state index contributed by atoms with van der Waals surface area (Å²) in [5.41, 5.74) is 7.41. The lowest BCUT2D eigenvalue weighted by Crippen LogP contribution is -2.01. The number of hydrogen-bond acceptors (Lipinski definition) is 4. The molecule has 7 aromatic carbocycles. The molecule has 0 saturated carbocycles. The van der Waals surface area contributed by atoms with Crippen molar-refractivity contribution in [2.75, 3.05) is 0 Å². The normalized spacial score (nSPS) is 11.4. The first kappa shape index (κ1) is 27.3. The van der Waals surface area contributed by atoms with E-state index in [9.17, 15) is 0 Å². The van der Waals surface area contributed by atoms with Crippen LogP contribution in [0.15, 0.2) is 164 Å². The van der Waals surface area contributed by atoms with E-state index in [2.05, 4.69) is 133 Å². The molecule has 0 N–H and O–H groups in total. The van der Waals surface area contributed by atoms with Crippen LogP contribution in [0, 0.1) is 0 Å². The van der Waals surface area contributed by atoms with Crippen molar-refractivity contribution in [2.24, 2.45) is 0 Å². The smallest absolute Gasteiger partial charge is 0.164 e. The van der Waals surface area contributed by atoms with Crippen molar-refractivity contribution in [3.05, 3.63) is 164 Å². The van der Waals surface area contributed by atoms with Crippen LogP contribution in [0.4, 0.5) is 0 Å². The Balaban J connectivity index is 1.32. The lowest BCUT2D eigenvalue weighted by molar-refractivity contribution is 1.08. The fraction of sp³-hybridized carbons (Fsp3) is 0. The van der Waals surface area contributed by atoms with Gasteiger partial charge in [-0.3, -0.25) is 0 Å². The zero-order chi connectivity index (χ0) is 31.2. The minimum Gasteiger partial charge on any atom is -0.208 e. The number of hydrogen-bond donors (Lipinski definition) is 0. The predicted molar refractivity (Wildman–Crippen MR) is 197 cm³/mol. The van der Waals surface area contributed by atoms with Crippen LogP contribution in [0.2, 0.25) is 0 Å². The van der Waals surface area contributed by atoms with E-state index >= 15 is 0 Å². The highest BCUT2D eigenvalue weighted by atomic mass is 32.1. The monoisotopic (exact) mass is 617 g/mol. The molecule has 3 nitrogen and oxygen atoms in total. The number of aromatic nitrogens is 3. The molecule has 4 heteroatoms. The van der Waals surface area contributed by atoms with Crippen molar-refractivity contribution in [1.82, 2.24) is 15.0 Å². The summed E-state index contributed by atoms with van der Waals surface area (Å²) in [6.07, 6.45) is 0. The molecule has 9 rings (SSSR count). The van der Waals surface area contributed by atoms with Crippen LogP contribution in [-0.4, -0.2) is 15.0 Å². The molecule has 0 amide bonds. The van der Waals surface area contributed by atoms with Gasteiger partial charge in [0.25, 0.3) is 0 Å². The second kappa shape index (κ2) is 11.4. The predicted octanol–water partition coefficient (Wildman–Crippen LogP) is 11.7. The molecule has 0 fully saturated rings. The Labute approximate surface area is 276 Å². The molecule has 47 heavy (non-hydrogen) atoms. The molecule has 2 heterocycles. The highest BCUT2D eigenvalue weighted by Crippen LogP contribution is 2.42. The molecule has 0 aliphatic carbocycles. The Morgan fingerprint density at radius 1 is 0.362 bits per heavy atom. The van der Waals surface area contributed by atoms with E-state index < -0.39 is 0 Å². The van der Waals surface area contributed by atoms with E-state index in [1.54, 1.807) is 0 Å². The highest BCUT2D eigenvalue weighted by molar-refractivity contribution is 7.26. The van der Waals surface area contributed by atoms with Crippen molar-refractivity contribution < 1.29 is 0 Å². The van der Waals surface area contributed by atoms with Gasteiger partial charge in [-0.15, -0.1) is 11.3 Å². The SMILES string of the molecule is c1ccc(-c2cc(-c3ccccc3)cc(-c3nc(-c4ccccc4)nc(-c4cccc5ccc6c7ccccc7sc6c45)n3)c2)cc1. The topological polar surface area (TPSA) is 38.7 Å². The molecule has 0 bridgehead atoms. The molecule has 220 valence electrons. The highest BCUT2D eigenvalue weighted by Gasteiger charge is 2.18. The van der Waals surface area contributed by atoms with E-state index in [0.29, 0.717) is 17.5 Å². The third-order valence-corrected chi connectivity index (χ3v) is 9.91. The average molecular weight is 618 g/mol. The van der Waals surface area contributed by atoms with E-state index in [0.717, 1.165) is 38.9 Å². The summed E-state index contributed by atoms with van der Waals surface area (Å²) in [6, 6.07) is 57.4. The van der Waals surface area contributed by atoms with Crippen molar-refractivity contribution in [1.29, 1.82) is 0 Å².